The van der Waals surface area contributed by atoms with E-state index in [0.29, 0.717) is 54.3 Å². The Labute approximate surface area is 210 Å². The molecule has 0 saturated carbocycles. The molecule has 11 heteroatoms. The summed E-state index contributed by atoms with van der Waals surface area (Å²) in [6.07, 6.45) is -3.73. The molecular weight excluding hydrogens is 503 g/mol. The number of piperidine rings is 1. The molecule has 0 bridgehead atoms. The number of nitrogens with one attached hydrogen (secondary N) is 2. The molecule has 1 unspecified atom stereocenters. The van der Waals surface area contributed by atoms with Gasteiger partial charge < -0.3 is 20.1 Å². The van der Waals surface area contributed by atoms with E-state index < -0.39 is 29.5 Å². The van der Waals surface area contributed by atoms with Crippen LogP contribution in [-0.4, -0.2) is 39.8 Å². The number of carbonyl (C=O) groups is 1. The van der Waals surface area contributed by atoms with Crippen molar-refractivity contribution in [1.82, 2.24) is 15.5 Å². The molecule has 2 heterocycles. The number of fused-ring (bicyclic) bond motifs is 1. The average Bonchev–Trinajstić information content (AvgIpc) is 2.80. The van der Waals surface area contributed by atoms with E-state index in [0.717, 1.165) is 12.1 Å². The van der Waals surface area contributed by atoms with E-state index in [4.69, 9.17) is 28.6 Å². The summed E-state index contributed by atoms with van der Waals surface area (Å²) in [5.41, 5.74) is -0.0756. The van der Waals surface area contributed by atoms with Gasteiger partial charge in [0.05, 0.1) is 16.7 Å². The van der Waals surface area contributed by atoms with Crippen molar-refractivity contribution in [2.24, 2.45) is 0 Å². The molecule has 6 nitrogen and oxygen atoms in total. The second kappa shape index (κ2) is 9.67. The normalized spacial score (nSPS) is 18.9. The first kappa shape index (κ1) is 25.3. The minimum Gasteiger partial charge on any atom is -0.485 e. The van der Waals surface area contributed by atoms with Crippen molar-refractivity contribution in [3.05, 3.63) is 70.8 Å². The Hall–Kier alpha value is -2.82. The van der Waals surface area contributed by atoms with E-state index in [1.54, 1.807) is 23.1 Å². The van der Waals surface area contributed by atoms with Gasteiger partial charge in [0.2, 0.25) is 0 Å². The van der Waals surface area contributed by atoms with E-state index in [9.17, 15) is 23.1 Å². The first-order chi connectivity index (χ1) is 16.5. The summed E-state index contributed by atoms with van der Waals surface area (Å²) < 4.78 is 44.4. The van der Waals surface area contributed by atoms with Crippen LogP contribution in [0.5, 0.6) is 5.75 Å². The molecule has 0 radical (unpaired) electrons. The smallest absolute Gasteiger partial charge is 0.416 e. The number of amides is 2. The van der Waals surface area contributed by atoms with E-state index >= 15 is 0 Å². The Morgan fingerprint density at radius 1 is 1.17 bits per heavy atom. The molecule has 2 aliphatic rings. The van der Waals surface area contributed by atoms with Crippen LogP contribution in [0.2, 0.25) is 5.02 Å². The highest BCUT2D eigenvalue weighted by Crippen LogP contribution is 2.47. The first-order valence-corrected chi connectivity index (χ1v) is 11.6. The molecule has 35 heavy (non-hydrogen) atoms. The van der Waals surface area contributed by atoms with Gasteiger partial charge in [-0.3, -0.25) is 5.32 Å². The topological polar surface area (TPSA) is 73.8 Å². The number of hydrogen-bond acceptors (Lipinski definition) is 4. The van der Waals surface area contributed by atoms with Crippen LogP contribution in [0, 0.1) is 0 Å². The number of aliphatic hydroxyl groups excluding tert-OH is 1. The van der Waals surface area contributed by atoms with Crippen LogP contribution in [0.3, 0.4) is 0 Å². The Kier molecular flexibility index (Phi) is 6.99. The molecule has 2 aromatic carbocycles. The number of thiocarbonyl (C=S) groups is 1. The van der Waals surface area contributed by atoms with Crippen molar-refractivity contribution in [2.45, 2.75) is 37.1 Å². The molecule has 2 aromatic rings. The predicted molar refractivity (Wildman–Crippen MR) is 130 cm³/mol. The molecule has 2 aliphatic heterocycles. The number of nitrogens with zero attached hydrogens (tertiary/aromatic N) is 1. The lowest BCUT2D eigenvalue weighted by atomic mass is 9.82. The maximum Gasteiger partial charge on any atom is 0.416 e. The van der Waals surface area contributed by atoms with Crippen LogP contribution in [0.15, 0.2) is 49.0 Å². The third-order valence-corrected chi connectivity index (χ3v) is 6.75. The number of aliphatic hydroxyl groups is 1. The van der Waals surface area contributed by atoms with Crippen LogP contribution in [0.4, 0.5) is 18.0 Å². The summed E-state index contributed by atoms with van der Waals surface area (Å²) in [6.45, 7) is 4.52. The van der Waals surface area contributed by atoms with E-state index in [-0.39, 0.29) is 10.8 Å². The zero-order chi connectivity index (χ0) is 25.4. The standard InChI is InChI=1S/C24H23ClF3N3O3S/c1-14(15-5-7-16(8-6-15)24(26,27)28)29-21(35)30-22(33)31-11-9-23(10-12-31)13-19(32)17-3-2-4-18(25)20(17)34-23/h2-8,19,32H,1,9-13H2,(H2,29,30,33,35). The molecule has 4 rings (SSSR count). The van der Waals surface area contributed by atoms with Crippen molar-refractivity contribution in [1.29, 1.82) is 0 Å². The molecule has 0 aliphatic carbocycles. The highest BCUT2D eigenvalue weighted by atomic mass is 35.5. The van der Waals surface area contributed by atoms with Gasteiger partial charge in [0.25, 0.3) is 0 Å². The highest BCUT2D eigenvalue weighted by Gasteiger charge is 2.44. The molecule has 186 valence electrons. The van der Waals surface area contributed by atoms with Gasteiger partial charge in [-0.25, -0.2) is 4.79 Å². The third-order valence-electron chi connectivity index (χ3n) is 6.25. The predicted octanol–water partition coefficient (Wildman–Crippen LogP) is 5.26. The lowest BCUT2D eigenvalue weighted by molar-refractivity contribution is -0.137. The van der Waals surface area contributed by atoms with Crippen LogP contribution >= 0.6 is 23.8 Å². The Balaban J connectivity index is 1.30. The van der Waals surface area contributed by atoms with Crippen molar-refractivity contribution in [2.75, 3.05) is 13.1 Å². The lowest BCUT2D eigenvalue weighted by Crippen LogP contribution is -2.55. The monoisotopic (exact) mass is 525 g/mol. The maximum atomic E-state index is 12.7. The van der Waals surface area contributed by atoms with Crippen LogP contribution < -0.4 is 15.4 Å². The van der Waals surface area contributed by atoms with Gasteiger partial charge >= 0.3 is 12.2 Å². The highest BCUT2D eigenvalue weighted by molar-refractivity contribution is 7.80. The Bertz CT molecular complexity index is 1150. The summed E-state index contributed by atoms with van der Waals surface area (Å²) in [6, 6.07) is 9.28. The summed E-state index contributed by atoms with van der Waals surface area (Å²) in [5.74, 6) is 0.484. The zero-order valence-corrected chi connectivity index (χ0v) is 20.1. The molecule has 1 atom stereocenters. The van der Waals surface area contributed by atoms with Crippen molar-refractivity contribution in [3.8, 4) is 5.75 Å². The van der Waals surface area contributed by atoms with E-state index in [2.05, 4.69) is 17.2 Å². The Morgan fingerprint density at radius 3 is 2.46 bits per heavy atom. The SMILES string of the molecule is C=C(NC(=S)NC(=O)N1CCC2(CC1)CC(O)c1cccc(Cl)c1O2)c1ccc(C(F)(F)F)cc1. The maximum absolute atomic E-state index is 12.7. The molecule has 3 N–H and O–H groups in total. The fraction of sp³-hybridized carbons (Fsp3) is 0.333. The number of benzene rings is 2. The van der Waals surface area contributed by atoms with Crippen molar-refractivity contribution >= 4 is 40.7 Å². The zero-order valence-electron chi connectivity index (χ0n) is 18.5. The fourth-order valence-electron chi connectivity index (χ4n) is 4.32. The number of rotatable bonds is 2. The quantitative estimate of drug-likeness (QED) is 0.466. The van der Waals surface area contributed by atoms with Gasteiger partial charge in [-0.05, 0) is 36.0 Å². The summed E-state index contributed by atoms with van der Waals surface area (Å²) >= 11 is 11.4. The number of alkyl halides is 3. The number of halogens is 4. The lowest BCUT2D eigenvalue weighted by Gasteiger charge is -2.46. The Morgan fingerprint density at radius 2 is 1.83 bits per heavy atom. The first-order valence-electron chi connectivity index (χ1n) is 10.9. The van der Waals surface area contributed by atoms with E-state index in [1.165, 1.54) is 12.1 Å². The van der Waals surface area contributed by atoms with Crippen molar-refractivity contribution < 1.29 is 27.8 Å². The molecule has 1 saturated heterocycles. The minimum atomic E-state index is -4.43. The van der Waals surface area contributed by atoms with Crippen molar-refractivity contribution in [3.63, 3.8) is 0 Å². The number of carbonyl (C=O) groups excluding carboxylic acids is 1. The third kappa shape index (κ3) is 5.55. The molecule has 1 fully saturated rings. The average molecular weight is 526 g/mol. The largest absolute Gasteiger partial charge is 0.485 e. The van der Waals surface area contributed by atoms with Gasteiger partial charge in [-0.15, -0.1) is 0 Å². The second-order valence-corrected chi connectivity index (χ2v) is 9.40. The van der Waals surface area contributed by atoms with Gasteiger partial charge in [0.1, 0.15) is 11.4 Å². The van der Waals surface area contributed by atoms with Gasteiger partial charge in [-0.2, -0.15) is 13.2 Å². The van der Waals surface area contributed by atoms with Gasteiger partial charge in [0.15, 0.2) is 5.11 Å². The number of hydrogen-bond donors (Lipinski definition) is 3. The second-order valence-electron chi connectivity index (χ2n) is 8.59. The number of ether oxygens (including phenoxy) is 1. The number of urea groups is 1. The number of para-hydroxylation sites is 1. The summed E-state index contributed by atoms with van der Waals surface area (Å²) in [7, 11) is 0. The fourth-order valence-corrected chi connectivity index (χ4v) is 4.75. The van der Waals surface area contributed by atoms with Crippen LogP contribution in [0.1, 0.15) is 42.1 Å². The minimum absolute atomic E-state index is 0.0229. The molecular formula is C24H23ClF3N3O3S. The number of likely N-dealkylation sites (tertiary alicyclic amines) is 1. The summed E-state index contributed by atoms with van der Waals surface area (Å²) in [4.78, 5) is 14.3. The molecule has 2 amide bonds. The molecule has 0 aromatic heterocycles. The van der Waals surface area contributed by atoms with Gasteiger partial charge in [-0.1, -0.05) is 42.4 Å². The molecule has 1 spiro atoms. The van der Waals surface area contributed by atoms with Crippen LogP contribution in [0.25, 0.3) is 5.70 Å². The van der Waals surface area contributed by atoms with Crippen LogP contribution in [-0.2, 0) is 6.18 Å². The van der Waals surface area contributed by atoms with Gasteiger partial charge in [0, 0.05) is 43.6 Å². The van der Waals surface area contributed by atoms with E-state index in [1.807, 2.05) is 0 Å². The summed E-state index contributed by atoms with van der Waals surface area (Å²) in [5, 5.41) is 16.3.